The number of rotatable bonds is 0. The summed E-state index contributed by atoms with van der Waals surface area (Å²) in [5, 5.41) is 0.755. The molecule has 0 aromatic carbocycles. The number of nitrogens with two attached hydrogens (primary N) is 1. The second-order valence-corrected chi connectivity index (χ2v) is 7.91. The summed E-state index contributed by atoms with van der Waals surface area (Å²) in [5.41, 5.74) is 1.41. The molecule has 0 fully saturated rings. The molecule has 2 aromatic heterocycles. The molecule has 0 saturated carbocycles. The molecule has 0 unspecified atom stereocenters. The summed E-state index contributed by atoms with van der Waals surface area (Å²) in [6, 6.07) is 0. The van der Waals surface area contributed by atoms with Gasteiger partial charge in [0.15, 0.2) is 0 Å². The number of aryl methyl sites for hydroxylation is 2. The maximum absolute atomic E-state index is 12.4. The van der Waals surface area contributed by atoms with E-state index in [2.05, 4.69) is 25.8 Å². The van der Waals surface area contributed by atoms with Gasteiger partial charge in [-0.2, -0.15) is 0 Å². The summed E-state index contributed by atoms with van der Waals surface area (Å²) in [4.78, 5) is 19.0. The van der Waals surface area contributed by atoms with Gasteiger partial charge in [0, 0.05) is 4.88 Å². The molecular weight excluding hydrogens is 270 g/mol. The lowest BCUT2D eigenvalue weighted by Crippen LogP contribution is -2.31. The zero-order chi connectivity index (χ0) is 14.7. The quantitative estimate of drug-likeness (QED) is 0.759. The van der Waals surface area contributed by atoms with Crippen LogP contribution in [0.4, 0.5) is 0 Å². The zero-order valence-corrected chi connectivity index (χ0v) is 13.3. The minimum atomic E-state index is -0.0980. The Morgan fingerprint density at radius 2 is 2.10 bits per heavy atom. The van der Waals surface area contributed by atoms with Crippen LogP contribution in [0.15, 0.2) is 4.79 Å². The molecule has 0 bridgehead atoms. The molecule has 108 valence electrons. The molecule has 1 atom stereocenters. The van der Waals surface area contributed by atoms with Crippen LogP contribution >= 0.6 is 11.3 Å². The number of nitrogen functional groups attached to an aromatic ring is 1. The molecule has 20 heavy (non-hydrogen) atoms. The molecule has 1 aliphatic rings. The van der Waals surface area contributed by atoms with Crippen molar-refractivity contribution in [1.82, 2.24) is 9.66 Å². The molecule has 4 nitrogen and oxygen atoms in total. The van der Waals surface area contributed by atoms with Gasteiger partial charge in [0.05, 0.1) is 5.39 Å². The SMILES string of the molecule is Cc1nc2sc3c(c2c(=O)n1N)CC[C@H](C(C)(C)C)C3. The van der Waals surface area contributed by atoms with Gasteiger partial charge in [0.25, 0.3) is 5.56 Å². The van der Waals surface area contributed by atoms with Crippen LogP contribution in [-0.2, 0) is 12.8 Å². The van der Waals surface area contributed by atoms with Crippen LogP contribution < -0.4 is 11.4 Å². The van der Waals surface area contributed by atoms with Crippen molar-refractivity contribution in [3.05, 3.63) is 26.6 Å². The molecule has 0 aliphatic heterocycles. The van der Waals surface area contributed by atoms with Gasteiger partial charge in [0.2, 0.25) is 0 Å². The largest absolute Gasteiger partial charge is 0.335 e. The fourth-order valence-electron chi connectivity index (χ4n) is 3.08. The molecule has 2 N–H and O–H groups in total. The molecule has 0 radical (unpaired) electrons. The van der Waals surface area contributed by atoms with E-state index in [1.54, 1.807) is 18.3 Å². The van der Waals surface area contributed by atoms with Crippen LogP contribution in [0.2, 0.25) is 0 Å². The van der Waals surface area contributed by atoms with Crippen molar-refractivity contribution in [3.63, 3.8) is 0 Å². The smallest absolute Gasteiger partial charge is 0.280 e. The topological polar surface area (TPSA) is 60.9 Å². The summed E-state index contributed by atoms with van der Waals surface area (Å²) in [6.07, 6.45) is 3.17. The lowest BCUT2D eigenvalue weighted by molar-refractivity contribution is 0.218. The molecule has 2 aromatic rings. The van der Waals surface area contributed by atoms with Gasteiger partial charge < -0.3 is 5.84 Å². The van der Waals surface area contributed by atoms with Crippen LogP contribution in [-0.4, -0.2) is 9.66 Å². The van der Waals surface area contributed by atoms with Crippen LogP contribution in [0.25, 0.3) is 10.2 Å². The summed E-state index contributed by atoms with van der Waals surface area (Å²) >= 11 is 1.68. The third kappa shape index (κ3) is 1.95. The van der Waals surface area contributed by atoms with E-state index < -0.39 is 0 Å². The van der Waals surface area contributed by atoms with Crippen LogP contribution in [0.5, 0.6) is 0 Å². The van der Waals surface area contributed by atoms with E-state index in [0.29, 0.717) is 17.2 Å². The first-order valence-electron chi connectivity index (χ1n) is 7.08. The first-order chi connectivity index (χ1) is 9.29. The summed E-state index contributed by atoms with van der Waals surface area (Å²) in [7, 11) is 0. The first-order valence-corrected chi connectivity index (χ1v) is 7.89. The van der Waals surface area contributed by atoms with Crippen molar-refractivity contribution in [2.24, 2.45) is 11.3 Å². The summed E-state index contributed by atoms with van der Waals surface area (Å²) in [5.74, 6) is 7.03. The van der Waals surface area contributed by atoms with Gasteiger partial charge in [-0.15, -0.1) is 11.3 Å². The van der Waals surface area contributed by atoms with Crippen LogP contribution in [0.1, 0.15) is 43.5 Å². The lowest BCUT2D eigenvalue weighted by atomic mass is 9.72. The van der Waals surface area contributed by atoms with E-state index in [4.69, 9.17) is 5.84 Å². The predicted molar refractivity (Wildman–Crippen MR) is 83.7 cm³/mol. The minimum absolute atomic E-state index is 0.0980. The highest BCUT2D eigenvalue weighted by molar-refractivity contribution is 7.18. The van der Waals surface area contributed by atoms with Gasteiger partial charge in [-0.1, -0.05) is 20.8 Å². The highest BCUT2D eigenvalue weighted by Crippen LogP contribution is 2.41. The Bertz CT molecular complexity index is 736. The molecule has 2 heterocycles. The van der Waals surface area contributed by atoms with Crippen molar-refractivity contribution in [2.75, 3.05) is 5.84 Å². The molecule has 5 heteroatoms. The minimum Gasteiger partial charge on any atom is -0.335 e. The Morgan fingerprint density at radius 3 is 2.75 bits per heavy atom. The van der Waals surface area contributed by atoms with E-state index in [9.17, 15) is 4.79 Å². The third-order valence-corrected chi connectivity index (χ3v) is 5.66. The molecule has 1 aliphatic carbocycles. The summed E-state index contributed by atoms with van der Waals surface area (Å²) < 4.78 is 1.17. The van der Waals surface area contributed by atoms with Crippen molar-refractivity contribution in [1.29, 1.82) is 0 Å². The lowest BCUT2D eigenvalue weighted by Gasteiger charge is -2.33. The maximum atomic E-state index is 12.4. The Morgan fingerprint density at radius 1 is 1.40 bits per heavy atom. The number of aromatic nitrogens is 2. The van der Waals surface area contributed by atoms with Crippen molar-refractivity contribution in [2.45, 2.75) is 47.0 Å². The highest BCUT2D eigenvalue weighted by atomic mass is 32.1. The predicted octanol–water partition coefficient (Wildman–Crippen LogP) is 2.63. The Kier molecular flexibility index (Phi) is 2.94. The fraction of sp³-hybridized carbons (Fsp3) is 0.600. The standard InChI is InChI=1S/C15H21N3OS/c1-8-17-13-12(14(19)18(8)16)10-6-5-9(15(2,3)4)7-11(10)20-13/h9H,5-7,16H2,1-4H3/t9-/m0/s1. The monoisotopic (exact) mass is 291 g/mol. The van der Waals surface area contributed by atoms with E-state index in [1.165, 1.54) is 15.1 Å². The van der Waals surface area contributed by atoms with Crippen molar-refractivity contribution < 1.29 is 0 Å². The van der Waals surface area contributed by atoms with E-state index in [-0.39, 0.29) is 5.56 Å². The highest BCUT2D eigenvalue weighted by Gasteiger charge is 2.31. The van der Waals surface area contributed by atoms with E-state index >= 15 is 0 Å². The Labute approximate surface area is 122 Å². The number of fused-ring (bicyclic) bond motifs is 3. The molecule has 0 amide bonds. The van der Waals surface area contributed by atoms with Crippen molar-refractivity contribution >= 4 is 21.6 Å². The number of hydrogen-bond acceptors (Lipinski definition) is 4. The second kappa shape index (κ2) is 4.32. The van der Waals surface area contributed by atoms with Crippen molar-refractivity contribution in [3.8, 4) is 0 Å². The maximum Gasteiger partial charge on any atom is 0.280 e. The van der Waals surface area contributed by atoms with Gasteiger partial charge in [-0.3, -0.25) is 4.79 Å². The normalized spacial score (nSPS) is 19.3. The van der Waals surface area contributed by atoms with E-state index in [1.807, 2.05) is 0 Å². The van der Waals surface area contributed by atoms with Crippen LogP contribution in [0.3, 0.4) is 0 Å². The number of nitrogens with zero attached hydrogens (tertiary/aromatic N) is 2. The molecular formula is C15H21N3OS. The van der Waals surface area contributed by atoms with Crippen LogP contribution in [0, 0.1) is 18.3 Å². The van der Waals surface area contributed by atoms with Gasteiger partial charge in [0.1, 0.15) is 10.7 Å². The van der Waals surface area contributed by atoms with Gasteiger partial charge in [-0.05, 0) is 43.1 Å². The van der Waals surface area contributed by atoms with Gasteiger partial charge in [-0.25, -0.2) is 9.66 Å². The third-order valence-electron chi connectivity index (χ3n) is 4.52. The first kappa shape index (κ1) is 13.6. The molecule has 3 rings (SSSR count). The van der Waals surface area contributed by atoms with Gasteiger partial charge >= 0.3 is 0 Å². The zero-order valence-electron chi connectivity index (χ0n) is 12.5. The fourth-order valence-corrected chi connectivity index (χ4v) is 4.41. The molecule has 0 saturated heterocycles. The summed E-state index contributed by atoms with van der Waals surface area (Å²) in [6.45, 7) is 8.67. The molecule has 0 spiro atoms. The second-order valence-electron chi connectivity index (χ2n) is 6.82. The Hall–Kier alpha value is -1.36. The number of thiophene rings is 1. The number of hydrogen-bond donors (Lipinski definition) is 1. The average molecular weight is 291 g/mol. The average Bonchev–Trinajstić information content (AvgIpc) is 2.71. The Balaban J connectivity index is 2.17. The van der Waals surface area contributed by atoms with E-state index in [0.717, 1.165) is 29.5 Å².